The number of methoxy groups -OCH3 is 1. The van der Waals surface area contributed by atoms with Crippen molar-refractivity contribution in [3.8, 4) is 5.75 Å². The molecule has 1 amide bonds. The fourth-order valence-corrected chi connectivity index (χ4v) is 1.98. The van der Waals surface area contributed by atoms with E-state index in [-0.39, 0.29) is 12.0 Å². The Kier molecular flexibility index (Phi) is 6.69. The summed E-state index contributed by atoms with van der Waals surface area (Å²) < 4.78 is 11.1. The normalized spacial score (nSPS) is 15.1. The van der Waals surface area contributed by atoms with Crippen LogP contribution in [-0.4, -0.2) is 24.7 Å². The molecule has 0 heterocycles. The first-order valence-corrected chi connectivity index (χ1v) is 7.58. The van der Waals surface area contributed by atoms with Crippen molar-refractivity contribution in [2.24, 2.45) is 0 Å². The van der Waals surface area contributed by atoms with Crippen molar-refractivity contribution in [1.82, 2.24) is 0 Å². The van der Waals surface area contributed by atoms with Gasteiger partial charge in [0.05, 0.1) is 6.10 Å². The fourth-order valence-electron chi connectivity index (χ4n) is 1.98. The van der Waals surface area contributed by atoms with E-state index in [1.165, 1.54) is 0 Å². The Hall–Kier alpha value is -1.55. The molecule has 0 aliphatic carbocycles. The van der Waals surface area contributed by atoms with Gasteiger partial charge in [0.25, 0.3) is 5.91 Å². The first-order valence-electron chi connectivity index (χ1n) is 7.58. The lowest BCUT2D eigenvalue weighted by molar-refractivity contribution is -0.136. The molecular weight excluding hydrogens is 266 g/mol. The predicted molar refractivity (Wildman–Crippen MR) is 85.8 cm³/mol. The van der Waals surface area contributed by atoms with Gasteiger partial charge in [-0.25, -0.2) is 0 Å². The largest absolute Gasteiger partial charge is 0.491 e. The second-order valence-electron chi connectivity index (χ2n) is 5.50. The third kappa shape index (κ3) is 5.05. The van der Waals surface area contributed by atoms with Crippen LogP contribution in [0.4, 0.5) is 5.69 Å². The van der Waals surface area contributed by atoms with E-state index >= 15 is 0 Å². The highest BCUT2D eigenvalue weighted by Gasteiger charge is 2.31. The first-order chi connectivity index (χ1) is 9.95. The van der Waals surface area contributed by atoms with Gasteiger partial charge in [-0.15, -0.1) is 0 Å². The third-order valence-corrected chi connectivity index (χ3v) is 3.68. The maximum atomic E-state index is 12.3. The van der Waals surface area contributed by atoms with E-state index in [0.29, 0.717) is 6.42 Å². The number of rotatable bonds is 8. The molecule has 1 aromatic rings. The molecule has 0 spiro atoms. The van der Waals surface area contributed by atoms with Crippen LogP contribution in [0.5, 0.6) is 5.75 Å². The summed E-state index contributed by atoms with van der Waals surface area (Å²) >= 11 is 0. The molecule has 0 aliphatic rings. The van der Waals surface area contributed by atoms with Gasteiger partial charge >= 0.3 is 0 Å². The van der Waals surface area contributed by atoms with Gasteiger partial charge in [0, 0.05) is 12.8 Å². The van der Waals surface area contributed by atoms with E-state index in [0.717, 1.165) is 24.3 Å². The molecule has 0 saturated carbocycles. The molecule has 21 heavy (non-hydrogen) atoms. The van der Waals surface area contributed by atoms with Crippen LogP contribution in [0.15, 0.2) is 24.3 Å². The lowest BCUT2D eigenvalue weighted by Crippen LogP contribution is -2.41. The number of anilines is 1. The number of nitrogens with one attached hydrogen (secondary N) is 1. The lowest BCUT2D eigenvalue weighted by Gasteiger charge is -2.26. The second kappa shape index (κ2) is 8.03. The lowest BCUT2D eigenvalue weighted by atomic mass is 9.99. The van der Waals surface area contributed by atoms with Crippen molar-refractivity contribution >= 4 is 11.6 Å². The monoisotopic (exact) mass is 293 g/mol. The average Bonchev–Trinajstić information content (AvgIpc) is 2.49. The number of hydrogen-bond donors (Lipinski definition) is 1. The topological polar surface area (TPSA) is 47.6 Å². The van der Waals surface area contributed by atoms with Crippen molar-refractivity contribution in [3.05, 3.63) is 24.3 Å². The zero-order chi connectivity index (χ0) is 15.9. The van der Waals surface area contributed by atoms with Crippen LogP contribution in [0.25, 0.3) is 0 Å². The molecule has 0 radical (unpaired) electrons. The molecular formula is C17H27NO3. The molecule has 1 rings (SSSR count). The second-order valence-corrected chi connectivity index (χ2v) is 5.50. The molecule has 0 saturated heterocycles. The Balaban J connectivity index is 2.68. The highest BCUT2D eigenvalue weighted by molar-refractivity contribution is 5.97. The summed E-state index contributed by atoms with van der Waals surface area (Å²) in [5, 5.41) is 2.89. The quantitative estimate of drug-likeness (QED) is 0.788. The van der Waals surface area contributed by atoms with E-state index < -0.39 is 5.60 Å². The number of hydrogen-bond acceptors (Lipinski definition) is 3. The Labute approximate surface area is 127 Å². The number of carbonyl (C=O) groups excluding carboxylic acids is 1. The van der Waals surface area contributed by atoms with Gasteiger partial charge in [-0.3, -0.25) is 4.79 Å². The maximum Gasteiger partial charge on any atom is 0.256 e. The molecule has 1 aromatic carbocycles. The van der Waals surface area contributed by atoms with Crippen LogP contribution in [0, 0.1) is 0 Å². The Morgan fingerprint density at radius 1 is 1.29 bits per heavy atom. The van der Waals surface area contributed by atoms with Gasteiger partial charge in [-0.2, -0.15) is 0 Å². The number of ether oxygens (including phenoxy) is 2. The summed E-state index contributed by atoms with van der Waals surface area (Å²) in [5.41, 5.74) is -0.0448. The van der Waals surface area contributed by atoms with Gasteiger partial charge < -0.3 is 14.8 Å². The number of amides is 1. The summed E-state index contributed by atoms with van der Waals surface area (Å²) in [7, 11) is 1.57. The van der Waals surface area contributed by atoms with E-state index in [4.69, 9.17) is 9.47 Å². The summed E-state index contributed by atoms with van der Waals surface area (Å²) in [5.74, 6) is 0.688. The van der Waals surface area contributed by atoms with Crippen molar-refractivity contribution in [3.63, 3.8) is 0 Å². The molecule has 1 N–H and O–H groups in total. The Bertz CT molecular complexity index is 444. The molecule has 0 bridgehead atoms. The zero-order valence-corrected chi connectivity index (χ0v) is 13.7. The van der Waals surface area contributed by atoms with Crippen LogP contribution in [0.2, 0.25) is 0 Å². The van der Waals surface area contributed by atoms with Crippen LogP contribution in [0.3, 0.4) is 0 Å². The van der Waals surface area contributed by atoms with Gasteiger partial charge in [0.2, 0.25) is 0 Å². The Morgan fingerprint density at radius 2 is 1.90 bits per heavy atom. The molecule has 118 valence electrons. The molecule has 2 unspecified atom stereocenters. The highest BCUT2D eigenvalue weighted by Crippen LogP contribution is 2.22. The smallest absolute Gasteiger partial charge is 0.256 e. The van der Waals surface area contributed by atoms with Crippen LogP contribution in [0.1, 0.15) is 47.0 Å². The van der Waals surface area contributed by atoms with E-state index in [2.05, 4.69) is 12.2 Å². The average molecular weight is 293 g/mol. The fraction of sp³-hybridized carbons (Fsp3) is 0.588. The van der Waals surface area contributed by atoms with E-state index in [9.17, 15) is 4.79 Å². The van der Waals surface area contributed by atoms with Gasteiger partial charge in [-0.1, -0.05) is 20.3 Å². The molecule has 4 heteroatoms. The minimum absolute atomic E-state index is 0.123. The molecule has 0 aliphatic heterocycles. The van der Waals surface area contributed by atoms with E-state index in [1.807, 2.05) is 45.0 Å². The van der Waals surface area contributed by atoms with Crippen LogP contribution < -0.4 is 10.1 Å². The minimum atomic E-state index is -0.791. The Morgan fingerprint density at radius 3 is 2.38 bits per heavy atom. The van der Waals surface area contributed by atoms with Gasteiger partial charge in [-0.05, 0) is 51.0 Å². The summed E-state index contributed by atoms with van der Waals surface area (Å²) in [6, 6.07) is 7.42. The summed E-state index contributed by atoms with van der Waals surface area (Å²) in [6.45, 7) is 7.96. The van der Waals surface area contributed by atoms with Crippen molar-refractivity contribution in [2.45, 2.75) is 58.7 Å². The molecule has 4 nitrogen and oxygen atoms in total. The summed E-state index contributed by atoms with van der Waals surface area (Å²) in [6.07, 6.45) is 2.72. The maximum absolute atomic E-state index is 12.3. The predicted octanol–water partition coefficient (Wildman–Crippen LogP) is 4.01. The number of benzene rings is 1. The zero-order valence-electron chi connectivity index (χ0n) is 13.7. The van der Waals surface area contributed by atoms with Crippen LogP contribution >= 0.6 is 0 Å². The van der Waals surface area contributed by atoms with Crippen molar-refractivity contribution < 1.29 is 14.3 Å². The molecule has 2 atom stereocenters. The summed E-state index contributed by atoms with van der Waals surface area (Å²) in [4.78, 5) is 12.3. The van der Waals surface area contributed by atoms with E-state index in [1.54, 1.807) is 7.11 Å². The van der Waals surface area contributed by atoms with Gasteiger partial charge in [0.15, 0.2) is 0 Å². The standard InChI is InChI=1S/C17H27NO3/c1-6-12-17(4,20-5)16(19)18-14-8-10-15(11-9-14)21-13(3)7-2/h8-11,13H,6-7,12H2,1-5H3,(H,18,19). The highest BCUT2D eigenvalue weighted by atomic mass is 16.5. The SMILES string of the molecule is CCCC(C)(OC)C(=O)Nc1ccc(OC(C)CC)cc1. The molecule has 0 aromatic heterocycles. The first kappa shape index (κ1) is 17.5. The molecule has 0 fully saturated rings. The van der Waals surface area contributed by atoms with Crippen molar-refractivity contribution in [1.29, 1.82) is 0 Å². The minimum Gasteiger partial charge on any atom is -0.491 e. The van der Waals surface area contributed by atoms with Crippen molar-refractivity contribution in [2.75, 3.05) is 12.4 Å². The number of carbonyl (C=O) groups is 1. The van der Waals surface area contributed by atoms with Crippen LogP contribution in [-0.2, 0) is 9.53 Å². The third-order valence-electron chi connectivity index (χ3n) is 3.68. The van der Waals surface area contributed by atoms with Gasteiger partial charge in [0.1, 0.15) is 11.4 Å².